The van der Waals surface area contributed by atoms with Crippen LogP contribution < -0.4 is 5.43 Å². The van der Waals surface area contributed by atoms with Crippen molar-refractivity contribution in [3.63, 3.8) is 0 Å². The molecule has 7 nitrogen and oxygen atoms in total. The second kappa shape index (κ2) is 9.73. The van der Waals surface area contributed by atoms with E-state index in [0.717, 1.165) is 22.4 Å². The molecule has 0 saturated carbocycles. The third-order valence-corrected chi connectivity index (χ3v) is 5.83. The van der Waals surface area contributed by atoms with Gasteiger partial charge in [-0.05, 0) is 24.1 Å². The average molecular weight is 452 g/mol. The number of carbonyl (C=O) groups excluding carboxylic acids is 1. The Kier molecular flexibility index (Phi) is 6.40. The van der Waals surface area contributed by atoms with Gasteiger partial charge in [-0.3, -0.25) is 5.43 Å². The summed E-state index contributed by atoms with van der Waals surface area (Å²) in [4.78, 5) is 18.4. The molecule has 4 rings (SSSR count). The molecule has 8 heteroatoms. The lowest BCUT2D eigenvalue weighted by Gasteiger charge is -2.10. The predicted molar refractivity (Wildman–Crippen MR) is 129 cm³/mol. The fourth-order valence-electron chi connectivity index (χ4n) is 3.33. The number of esters is 1. The summed E-state index contributed by atoms with van der Waals surface area (Å²) >= 11 is 1.17. The van der Waals surface area contributed by atoms with Gasteiger partial charge in [0.25, 0.3) is 0 Å². The average Bonchev–Trinajstić information content (AvgIpc) is 3.24. The number of hydrogen-bond acceptors (Lipinski definition) is 8. The number of anilines is 1. The molecule has 0 unspecified atom stereocenters. The number of aromatic nitrogens is 1. The summed E-state index contributed by atoms with van der Waals surface area (Å²) in [5, 5.41) is 22.7. The van der Waals surface area contributed by atoms with Crippen molar-refractivity contribution in [2.24, 2.45) is 5.10 Å². The first-order valence-corrected chi connectivity index (χ1v) is 10.9. The summed E-state index contributed by atoms with van der Waals surface area (Å²) in [6, 6.07) is 24.8. The number of thiophene rings is 1. The Labute approximate surface area is 194 Å². The van der Waals surface area contributed by atoms with Crippen molar-refractivity contribution in [1.29, 1.82) is 10.5 Å². The maximum absolute atomic E-state index is 12.8. The molecule has 4 aromatic rings. The van der Waals surface area contributed by atoms with Crippen molar-refractivity contribution in [3.8, 4) is 34.5 Å². The Bertz CT molecular complexity index is 1420. The quantitative estimate of drug-likeness (QED) is 0.231. The van der Waals surface area contributed by atoms with E-state index in [1.165, 1.54) is 11.3 Å². The lowest BCUT2D eigenvalue weighted by atomic mass is 9.99. The molecule has 0 atom stereocenters. The fraction of sp³-hybridized carbons (Fsp3) is 0.0800. The number of pyridine rings is 1. The number of hydrogen-bond donors (Lipinski definition) is 1. The van der Waals surface area contributed by atoms with Gasteiger partial charge in [-0.2, -0.15) is 15.6 Å². The first-order chi connectivity index (χ1) is 16.2. The SMILES string of the molecule is CCOC(=O)c1sc2nc(-c3ccccc3)cc(-c3ccccc3)c2c1NN=C(C#N)C#N. The van der Waals surface area contributed by atoms with E-state index < -0.39 is 5.97 Å². The van der Waals surface area contributed by atoms with Crippen LogP contribution in [-0.4, -0.2) is 23.3 Å². The van der Waals surface area contributed by atoms with Gasteiger partial charge in [-0.1, -0.05) is 60.7 Å². The van der Waals surface area contributed by atoms with E-state index in [2.05, 4.69) is 10.5 Å². The molecule has 0 amide bonds. The van der Waals surface area contributed by atoms with Crippen molar-refractivity contribution in [2.45, 2.75) is 6.92 Å². The van der Waals surface area contributed by atoms with Gasteiger partial charge < -0.3 is 4.74 Å². The van der Waals surface area contributed by atoms with Gasteiger partial charge in [0.1, 0.15) is 21.8 Å². The minimum absolute atomic E-state index is 0.200. The molecule has 0 fully saturated rings. The predicted octanol–water partition coefficient (Wildman–Crippen LogP) is 5.62. The van der Waals surface area contributed by atoms with E-state index in [1.54, 1.807) is 19.1 Å². The minimum Gasteiger partial charge on any atom is -0.462 e. The first kappa shape index (κ1) is 21.7. The summed E-state index contributed by atoms with van der Waals surface area (Å²) in [6.45, 7) is 1.92. The number of nitrogens with one attached hydrogen (secondary N) is 1. The van der Waals surface area contributed by atoms with Crippen LogP contribution in [0, 0.1) is 22.7 Å². The summed E-state index contributed by atoms with van der Waals surface area (Å²) in [5.41, 5.74) is 6.19. The Morgan fingerprint density at radius 2 is 1.70 bits per heavy atom. The van der Waals surface area contributed by atoms with Crippen molar-refractivity contribution in [3.05, 3.63) is 71.6 Å². The number of nitrogens with zero attached hydrogens (tertiary/aromatic N) is 4. The highest BCUT2D eigenvalue weighted by atomic mass is 32.1. The lowest BCUT2D eigenvalue weighted by Crippen LogP contribution is -2.06. The molecule has 0 bridgehead atoms. The summed E-state index contributed by atoms with van der Waals surface area (Å²) in [6.07, 6.45) is 0. The largest absolute Gasteiger partial charge is 0.462 e. The van der Waals surface area contributed by atoms with Crippen molar-refractivity contribution in [1.82, 2.24) is 4.98 Å². The highest BCUT2D eigenvalue weighted by Crippen LogP contribution is 2.43. The van der Waals surface area contributed by atoms with Crippen molar-refractivity contribution >= 4 is 38.9 Å². The second-order valence-corrected chi connectivity index (χ2v) is 7.79. The number of nitriles is 2. The molecule has 160 valence electrons. The Morgan fingerprint density at radius 3 is 2.30 bits per heavy atom. The molecule has 33 heavy (non-hydrogen) atoms. The van der Waals surface area contributed by atoms with Crippen LogP contribution in [0.4, 0.5) is 5.69 Å². The summed E-state index contributed by atoms with van der Waals surface area (Å²) in [7, 11) is 0. The van der Waals surface area contributed by atoms with E-state index in [-0.39, 0.29) is 17.2 Å². The zero-order valence-electron chi connectivity index (χ0n) is 17.6. The monoisotopic (exact) mass is 451 g/mol. The maximum atomic E-state index is 12.8. The van der Waals surface area contributed by atoms with E-state index in [9.17, 15) is 4.79 Å². The summed E-state index contributed by atoms with van der Waals surface area (Å²) in [5.74, 6) is -0.533. The third-order valence-electron chi connectivity index (χ3n) is 4.77. The Morgan fingerprint density at radius 1 is 1.06 bits per heavy atom. The van der Waals surface area contributed by atoms with E-state index >= 15 is 0 Å². The maximum Gasteiger partial charge on any atom is 0.350 e. The second-order valence-electron chi connectivity index (χ2n) is 6.79. The molecule has 0 aliphatic heterocycles. The summed E-state index contributed by atoms with van der Waals surface area (Å²) < 4.78 is 5.24. The normalized spacial score (nSPS) is 10.2. The molecule has 0 aliphatic rings. The van der Waals surface area contributed by atoms with E-state index in [0.29, 0.717) is 15.9 Å². The zero-order chi connectivity index (χ0) is 23.2. The lowest BCUT2D eigenvalue weighted by molar-refractivity contribution is 0.0533. The van der Waals surface area contributed by atoms with Crippen LogP contribution in [0.3, 0.4) is 0 Å². The number of rotatable bonds is 6. The molecule has 2 heterocycles. The van der Waals surface area contributed by atoms with Crippen LogP contribution in [0.1, 0.15) is 16.6 Å². The van der Waals surface area contributed by atoms with Gasteiger partial charge in [-0.15, -0.1) is 11.3 Å². The molecule has 2 aromatic carbocycles. The van der Waals surface area contributed by atoms with Crippen molar-refractivity contribution < 1.29 is 9.53 Å². The first-order valence-electron chi connectivity index (χ1n) is 10.1. The Hall–Kier alpha value is -4.53. The van der Waals surface area contributed by atoms with Crippen LogP contribution >= 0.6 is 11.3 Å². The number of fused-ring (bicyclic) bond motifs is 1. The standard InChI is InChI=1S/C25H17N5O2S/c1-2-32-25(31)23-22(30-29-18(14-26)15-27)21-19(16-9-5-3-6-10-16)13-20(28-24(21)33-23)17-11-7-4-8-12-17/h3-13,30H,2H2,1H3. The molecular formula is C25H17N5O2S. The molecule has 0 radical (unpaired) electrons. The molecule has 2 aromatic heterocycles. The minimum atomic E-state index is -0.533. The van der Waals surface area contributed by atoms with Crippen LogP contribution in [-0.2, 0) is 4.74 Å². The number of ether oxygens (including phenoxy) is 1. The van der Waals surface area contributed by atoms with Gasteiger partial charge in [0.2, 0.25) is 5.71 Å². The van der Waals surface area contributed by atoms with Gasteiger partial charge in [0.05, 0.1) is 18.0 Å². The number of carbonyl (C=O) groups is 1. The molecule has 0 spiro atoms. The van der Waals surface area contributed by atoms with Crippen LogP contribution in [0.5, 0.6) is 0 Å². The number of benzene rings is 2. The zero-order valence-corrected chi connectivity index (χ0v) is 18.4. The smallest absolute Gasteiger partial charge is 0.350 e. The van der Waals surface area contributed by atoms with Gasteiger partial charge in [-0.25, -0.2) is 9.78 Å². The van der Waals surface area contributed by atoms with Gasteiger partial charge in [0, 0.05) is 10.9 Å². The third kappa shape index (κ3) is 4.42. The Balaban J connectivity index is 2.04. The molecule has 0 saturated heterocycles. The van der Waals surface area contributed by atoms with Gasteiger partial charge >= 0.3 is 5.97 Å². The highest BCUT2D eigenvalue weighted by Gasteiger charge is 2.24. The highest BCUT2D eigenvalue weighted by molar-refractivity contribution is 7.21. The molecule has 1 N–H and O–H groups in total. The van der Waals surface area contributed by atoms with Crippen molar-refractivity contribution in [2.75, 3.05) is 12.0 Å². The van der Waals surface area contributed by atoms with Crippen LogP contribution in [0.2, 0.25) is 0 Å². The van der Waals surface area contributed by atoms with Crippen LogP contribution in [0.15, 0.2) is 71.8 Å². The van der Waals surface area contributed by atoms with E-state index in [4.69, 9.17) is 20.2 Å². The topological polar surface area (TPSA) is 111 Å². The molecular weight excluding hydrogens is 434 g/mol. The number of hydrazone groups is 1. The van der Waals surface area contributed by atoms with E-state index in [1.807, 2.05) is 66.7 Å². The van der Waals surface area contributed by atoms with Crippen LogP contribution in [0.25, 0.3) is 32.6 Å². The molecule has 0 aliphatic carbocycles. The fourth-order valence-corrected chi connectivity index (χ4v) is 4.38. The van der Waals surface area contributed by atoms with Gasteiger partial charge in [0.15, 0.2) is 0 Å².